The number of amides is 1. The Labute approximate surface area is 156 Å². The first-order chi connectivity index (χ1) is 12.6. The summed E-state index contributed by atoms with van der Waals surface area (Å²) in [6, 6.07) is 7.55. The number of carbonyl (C=O) groups excluding carboxylic acids is 2. The number of esters is 1. The number of nitrogens with zero attached hydrogens (tertiary/aromatic N) is 1. The van der Waals surface area contributed by atoms with Gasteiger partial charge >= 0.3 is 5.97 Å². The predicted octanol–water partition coefficient (Wildman–Crippen LogP) is 2.70. The molecule has 1 unspecified atom stereocenters. The lowest BCUT2D eigenvalue weighted by atomic mass is 9.99. The molecule has 2 aromatic rings. The molecule has 0 saturated heterocycles. The molecule has 0 aliphatic rings. The molecule has 138 valence electrons. The van der Waals surface area contributed by atoms with Crippen molar-refractivity contribution in [3.8, 4) is 5.75 Å². The highest BCUT2D eigenvalue weighted by atomic mass is 32.1. The Balaban J connectivity index is 1.92. The summed E-state index contributed by atoms with van der Waals surface area (Å²) in [5.41, 5.74) is 2.67. The van der Waals surface area contributed by atoms with E-state index < -0.39 is 5.92 Å². The summed E-state index contributed by atoms with van der Waals surface area (Å²) < 4.78 is 10.3. The van der Waals surface area contributed by atoms with E-state index in [2.05, 4.69) is 10.3 Å². The highest BCUT2D eigenvalue weighted by Gasteiger charge is 2.20. The fourth-order valence-corrected chi connectivity index (χ4v) is 2.84. The molecule has 26 heavy (non-hydrogen) atoms. The predicted molar refractivity (Wildman–Crippen MR) is 101 cm³/mol. The van der Waals surface area contributed by atoms with E-state index in [0.717, 1.165) is 16.2 Å². The maximum atomic E-state index is 12.0. The molecule has 0 bridgehead atoms. The van der Waals surface area contributed by atoms with Gasteiger partial charge in [-0.25, -0.2) is 0 Å². The first-order valence-corrected chi connectivity index (χ1v) is 9.14. The fraction of sp³-hybridized carbons (Fsp3) is 0.316. The Morgan fingerprint density at radius 2 is 2.08 bits per heavy atom. The number of hydrogen-bond acceptors (Lipinski definition) is 6. The molecule has 1 amide bonds. The van der Waals surface area contributed by atoms with Crippen molar-refractivity contribution in [2.24, 2.45) is 5.92 Å². The van der Waals surface area contributed by atoms with Crippen LogP contribution in [0.25, 0.3) is 6.08 Å². The maximum Gasteiger partial charge on any atom is 0.310 e. The van der Waals surface area contributed by atoms with Crippen LogP contribution >= 0.6 is 11.3 Å². The number of ether oxygens (including phenoxy) is 2. The van der Waals surface area contributed by atoms with Crippen molar-refractivity contribution >= 4 is 29.3 Å². The average Bonchev–Trinajstić information content (AvgIpc) is 3.18. The van der Waals surface area contributed by atoms with Crippen LogP contribution < -0.4 is 10.1 Å². The zero-order valence-corrected chi connectivity index (χ0v) is 15.6. The van der Waals surface area contributed by atoms with E-state index in [1.807, 2.05) is 31.2 Å². The number of methoxy groups -OCH3 is 1. The lowest BCUT2D eigenvalue weighted by molar-refractivity contribution is -0.145. The third-order valence-electron chi connectivity index (χ3n) is 3.62. The number of hydrogen-bond donors (Lipinski definition) is 1. The van der Waals surface area contributed by atoms with Crippen molar-refractivity contribution < 1.29 is 19.1 Å². The SMILES string of the molecule is CCOc1ccc(CC(CNC(=O)/C=C/c2cncs2)C(=O)OC)cc1. The van der Waals surface area contributed by atoms with E-state index in [-0.39, 0.29) is 18.4 Å². The molecule has 1 aromatic carbocycles. The van der Waals surface area contributed by atoms with Crippen molar-refractivity contribution in [2.45, 2.75) is 13.3 Å². The molecule has 6 nitrogen and oxygen atoms in total. The summed E-state index contributed by atoms with van der Waals surface area (Å²) >= 11 is 1.44. The van der Waals surface area contributed by atoms with E-state index in [1.165, 1.54) is 24.5 Å². The van der Waals surface area contributed by atoms with E-state index in [0.29, 0.717) is 13.0 Å². The zero-order valence-electron chi connectivity index (χ0n) is 14.8. The van der Waals surface area contributed by atoms with E-state index >= 15 is 0 Å². The van der Waals surface area contributed by atoms with Gasteiger partial charge in [-0.15, -0.1) is 11.3 Å². The normalized spacial score (nSPS) is 11.9. The molecule has 0 radical (unpaired) electrons. The highest BCUT2D eigenvalue weighted by molar-refractivity contribution is 7.10. The number of aromatic nitrogens is 1. The summed E-state index contributed by atoms with van der Waals surface area (Å²) in [5, 5.41) is 2.75. The van der Waals surface area contributed by atoms with Crippen molar-refractivity contribution in [3.05, 3.63) is 52.5 Å². The topological polar surface area (TPSA) is 77.5 Å². The Morgan fingerprint density at radius 3 is 2.69 bits per heavy atom. The summed E-state index contributed by atoms with van der Waals surface area (Å²) in [6.45, 7) is 2.73. The van der Waals surface area contributed by atoms with Crippen molar-refractivity contribution in [1.29, 1.82) is 0 Å². The van der Waals surface area contributed by atoms with Gasteiger partial charge in [0.25, 0.3) is 0 Å². The largest absolute Gasteiger partial charge is 0.494 e. The number of benzene rings is 1. The maximum absolute atomic E-state index is 12.0. The minimum Gasteiger partial charge on any atom is -0.494 e. The molecular formula is C19H22N2O4S. The third-order valence-corrected chi connectivity index (χ3v) is 4.36. The Morgan fingerprint density at radius 1 is 1.31 bits per heavy atom. The van der Waals surface area contributed by atoms with Gasteiger partial charge in [0.05, 0.1) is 25.1 Å². The number of nitrogens with one attached hydrogen (secondary N) is 1. The van der Waals surface area contributed by atoms with Gasteiger partial charge in [-0.3, -0.25) is 14.6 Å². The van der Waals surface area contributed by atoms with Gasteiger partial charge in [0, 0.05) is 23.7 Å². The van der Waals surface area contributed by atoms with Crippen LogP contribution in [-0.4, -0.2) is 37.1 Å². The Hall–Kier alpha value is -2.67. The van der Waals surface area contributed by atoms with Crippen LogP contribution in [-0.2, 0) is 20.7 Å². The quantitative estimate of drug-likeness (QED) is 0.539. The molecule has 0 aliphatic carbocycles. The Bertz CT molecular complexity index is 727. The lowest BCUT2D eigenvalue weighted by Gasteiger charge is -2.15. The molecule has 0 spiro atoms. The van der Waals surface area contributed by atoms with Gasteiger partial charge in [0.2, 0.25) is 5.91 Å². The van der Waals surface area contributed by atoms with Crippen LogP contribution in [0.3, 0.4) is 0 Å². The van der Waals surface area contributed by atoms with Crippen molar-refractivity contribution in [1.82, 2.24) is 10.3 Å². The molecule has 1 heterocycles. The van der Waals surface area contributed by atoms with Crippen LogP contribution in [0.4, 0.5) is 0 Å². The van der Waals surface area contributed by atoms with Gasteiger partial charge in [0.15, 0.2) is 0 Å². The van der Waals surface area contributed by atoms with Crippen LogP contribution in [0.2, 0.25) is 0 Å². The monoisotopic (exact) mass is 374 g/mol. The van der Waals surface area contributed by atoms with E-state index in [1.54, 1.807) is 17.8 Å². The Kier molecular flexibility index (Phi) is 7.82. The third kappa shape index (κ3) is 6.33. The summed E-state index contributed by atoms with van der Waals surface area (Å²) in [4.78, 5) is 28.8. The summed E-state index contributed by atoms with van der Waals surface area (Å²) in [5.74, 6) is -0.296. The van der Waals surface area contributed by atoms with Crippen LogP contribution in [0.1, 0.15) is 17.4 Å². The second-order valence-corrected chi connectivity index (χ2v) is 6.40. The average molecular weight is 374 g/mol. The highest BCUT2D eigenvalue weighted by Crippen LogP contribution is 2.16. The molecule has 7 heteroatoms. The molecule has 0 saturated carbocycles. The molecular weight excluding hydrogens is 352 g/mol. The molecule has 2 rings (SSSR count). The minimum absolute atomic E-state index is 0.200. The van der Waals surface area contributed by atoms with Crippen LogP contribution in [0.5, 0.6) is 5.75 Å². The standard InChI is InChI=1S/C19H22N2O4S/c1-3-25-16-6-4-14(5-7-16)10-15(19(23)24-2)11-21-18(22)9-8-17-12-20-13-26-17/h4-9,12-13,15H,3,10-11H2,1-2H3,(H,21,22)/b9-8+. The molecule has 1 atom stereocenters. The first-order valence-electron chi connectivity index (χ1n) is 8.26. The van der Waals surface area contributed by atoms with E-state index in [9.17, 15) is 9.59 Å². The fourth-order valence-electron chi connectivity index (χ4n) is 2.33. The molecule has 0 fully saturated rings. The number of rotatable bonds is 9. The summed E-state index contributed by atoms with van der Waals surface area (Å²) in [6.07, 6.45) is 5.26. The summed E-state index contributed by atoms with van der Waals surface area (Å²) in [7, 11) is 1.35. The van der Waals surface area contributed by atoms with Crippen LogP contribution in [0.15, 0.2) is 42.0 Å². The van der Waals surface area contributed by atoms with Gasteiger partial charge in [-0.2, -0.15) is 0 Å². The lowest BCUT2D eigenvalue weighted by Crippen LogP contribution is -2.33. The van der Waals surface area contributed by atoms with E-state index in [4.69, 9.17) is 9.47 Å². The van der Waals surface area contributed by atoms with Crippen molar-refractivity contribution in [2.75, 3.05) is 20.3 Å². The number of thiazole rings is 1. The molecule has 0 aliphatic heterocycles. The smallest absolute Gasteiger partial charge is 0.310 e. The zero-order chi connectivity index (χ0) is 18.8. The van der Waals surface area contributed by atoms with Crippen LogP contribution in [0, 0.1) is 5.92 Å². The first kappa shape index (κ1) is 19.7. The van der Waals surface area contributed by atoms with Gasteiger partial charge in [-0.05, 0) is 37.1 Å². The van der Waals surface area contributed by atoms with Crippen molar-refractivity contribution in [3.63, 3.8) is 0 Å². The number of carbonyl (C=O) groups is 2. The second kappa shape index (κ2) is 10.4. The van der Waals surface area contributed by atoms with Gasteiger partial charge in [-0.1, -0.05) is 12.1 Å². The minimum atomic E-state index is -0.460. The second-order valence-electron chi connectivity index (χ2n) is 5.48. The van der Waals surface area contributed by atoms with Gasteiger partial charge < -0.3 is 14.8 Å². The molecule has 1 aromatic heterocycles. The molecule has 1 N–H and O–H groups in total. The van der Waals surface area contributed by atoms with Gasteiger partial charge in [0.1, 0.15) is 5.75 Å².